The first kappa shape index (κ1) is 17.3. The first-order valence-electron chi connectivity index (χ1n) is 8.16. The van der Waals surface area contributed by atoms with Gasteiger partial charge in [-0.1, -0.05) is 19.9 Å². The molecule has 0 bridgehead atoms. The molecule has 0 saturated carbocycles. The van der Waals surface area contributed by atoms with E-state index in [1.807, 2.05) is 0 Å². The lowest BCUT2D eigenvalue weighted by molar-refractivity contribution is -0.125. The van der Waals surface area contributed by atoms with Crippen molar-refractivity contribution in [1.82, 2.24) is 10.6 Å². The van der Waals surface area contributed by atoms with Crippen LogP contribution in [0.15, 0.2) is 12.1 Å². The molecule has 1 aliphatic heterocycles. The predicted molar refractivity (Wildman–Crippen MR) is 89.7 cm³/mol. The van der Waals surface area contributed by atoms with Gasteiger partial charge in [0.05, 0.1) is 7.11 Å². The van der Waals surface area contributed by atoms with Gasteiger partial charge in [-0.3, -0.25) is 9.59 Å². The Bertz CT molecular complexity index is 596. The van der Waals surface area contributed by atoms with E-state index < -0.39 is 0 Å². The van der Waals surface area contributed by atoms with Crippen LogP contribution in [0, 0.1) is 6.92 Å². The van der Waals surface area contributed by atoms with Crippen molar-refractivity contribution in [2.24, 2.45) is 0 Å². The molecule has 23 heavy (non-hydrogen) atoms. The van der Waals surface area contributed by atoms with Crippen LogP contribution in [0.5, 0.6) is 5.75 Å². The molecule has 1 saturated heterocycles. The summed E-state index contributed by atoms with van der Waals surface area (Å²) in [7, 11) is 1.69. The van der Waals surface area contributed by atoms with Gasteiger partial charge in [0.2, 0.25) is 11.8 Å². The van der Waals surface area contributed by atoms with Gasteiger partial charge in [-0.2, -0.15) is 0 Å². The molecule has 2 amide bonds. The number of nitrogens with one attached hydrogen (secondary N) is 2. The van der Waals surface area contributed by atoms with E-state index in [2.05, 4.69) is 43.5 Å². The van der Waals surface area contributed by atoms with Crippen LogP contribution in [0.4, 0.5) is 0 Å². The van der Waals surface area contributed by atoms with Gasteiger partial charge in [-0.05, 0) is 48.4 Å². The Kier molecular flexibility index (Phi) is 5.64. The Balaban J connectivity index is 1.96. The van der Waals surface area contributed by atoms with E-state index in [4.69, 9.17) is 4.74 Å². The summed E-state index contributed by atoms with van der Waals surface area (Å²) in [6, 6.07) is 3.86. The second kappa shape index (κ2) is 7.49. The van der Waals surface area contributed by atoms with Gasteiger partial charge >= 0.3 is 0 Å². The molecule has 5 nitrogen and oxygen atoms in total. The van der Waals surface area contributed by atoms with Crippen molar-refractivity contribution in [3.8, 4) is 5.75 Å². The number of hydrogen-bond donors (Lipinski definition) is 2. The van der Waals surface area contributed by atoms with Crippen LogP contribution >= 0.6 is 0 Å². The van der Waals surface area contributed by atoms with E-state index in [1.54, 1.807) is 7.11 Å². The average Bonchev–Trinajstić information content (AvgIpc) is 2.94. The fourth-order valence-electron chi connectivity index (χ4n) is 2.90. The summed E-state index contributed by atoms with van der Waals surface area (Å²) in [4.78, 5) is 23.2. The quantitative estimate of drug-likeness (QED) is 0.844. The zero-order valence-corrected chi connectivity index (χ0v) is 14.4. The van der Waals surface area contributed by atoms with Crippen molar-refractivity contribution in [1.29, 1.82) is 0 Å². The minimum absolute atomic E-state index is 0.0438. The lowest BCUT2D eigenvalue weighted by Gasteiger charge is -2.17. The molecular weight excluding hydrogens is 292 g/mol. The molecule has 2 rings (SSSR count). The molecule has 0 aliphatic carbocycles. The standard InChI is InChI=1S/C18H26N2O3/c1-11(2)14-10-13(12(3)9-16(14)23-4)7-8-19-18(22)15-5-6-17(21)20-15/h9-11,15H,5-8H2,1-4H3,(H,19,22)(H,20,21). The van der Waals surface area contributed by atoms with Gasteiger partial charge in [0, 0.05) is 13.0 Å². The van der Waals surface area contributed by atoms with Crippen LogP contribution in [-0.2, 0) is 16.0 Å². The van der Waals surface area contributed by atoms with Crippen LogP contribution in [0.25, 0.3) is 0 Å². The normalized spacial score (nSPS) is 17.3. The van der Waals surface area contributed by atoms with Crippen molar-refractivity contribution in [3.05, 3.63) is 28.8 Å². The number of benzene rings is 1. The zero-order valence-electron chi connectivity index (χ0n) is 14.4. The van der Waals surface area contributed by atoms with Crippen molar-refractivity contribution < 1.29 is 14.3 Å². The van der Waals surface area contributed by atoms with Crippen LogP contribution < -0.4 is 15.4 Å². The fourth-order valence-corrected chi connectivity index (χ4v) is 2.90. The highest BCUT2D eigenvalue weighted by Gasteiger charge is 2.26. The maximum atomic E-state index is 12.0. The molecule has 1 aromatic rings. The number of ether oxygens (including phenoxy) is 1. The van der Waals surface area contributed by atoms with Gasteiger partial charge in [0.1, 0.15) is 11.8 Å². The number of aryl methyl sites for hydroxylation is 1. The lowest BCUT2D eigenvalue weighted by atomic mass is 9.95. The number of carbonyl (C=O) groups is 2. The summed E-state index contributed by atoms with van der Waals surface area (Å²) in [5.74, 6) is 1.16. The molecule has 0 radical (unpaired) electrons. The number of rotatable bonds is 6. The molecule has 1 heterocycles. The van der Waals surface area contributed by atoms with E-state index in [0.29, 0.717) is 25.3 Å². The summed E-state index contributed by atoms with van der Waals surface area (Å²) in [5, 5.41) is 5.60. The maximum Gasteiger partial charge on any atom is 0.242 e. The fraction of sp³-hybridized carbons (Fsp3) is 0.556. The first-order valence-corrected chi connectivity index (χ1v) is 8.16. The molecule has 1 aromatic carbocycles. The minimum Gasteiger partial charge on any atom is -0.496 e. The molecule has 1 atom stereocenters. The number of hydrogen-bond acceptors (Lipinski definition) is 3. The van der Waals surface area contributed by atoms with E-state index in [9.17, 15) is 9.59 Å². The molecule has 126 valence electrons. The number of amides is 2. The molecule has 0 aromatic heterocycles. The second-order valence-electron chi connectivity index (χ2n) is 6.38. The Morgan fingerprint density at radius 1 is 1.43 bits per heavy atom. The van der Waals surface area contributed by atoms with Gasteiger partial charge < -0.3 is 15.4 Å². The van der Waals surface area contributed by atoms with Crippen LogP contribution in [0.3, 0.4) is 0 Å². The van der Waals surface area contributed by atoms with E-state index in [0.717, 1.165) is 17.7 Å². The minimum atomic E-state index is -0.370. The van der Waals surface area contributed by atoms with Gasteiger partial charge in [0.25, 0.3) is 0 Å². The summed E-state index contributed by atoms with van der Waals surface area (Å²) >= 11 is 0. The van der Waals surface area contributed by atoms with E-state index >= 15 is 0 Å². The summed E-state index contributed by atoms with van der Waals surface area (Å²) in [6.07, 6.45) is 1.79. The monoisotopic (exact) mass is 318 g/mol. The van der Waals surface area contributed by atoms with E-state index in [-0.39, 0.29) is 17.9 Å². The third-order valence-electron chi connectivity index (χ3n) is 4.32. The van der Waals surface area contributed by atoms with Crippen LogP contribution in [0.1, 0.15) is 49.3 Å². The smallest absolute Gasteiger partial charge is 0.242 e. The largest absolute Gasteiger partial charge is 0.496 e. The van der Waals surface area contributed by atoms with E-state index in [1.165, 1.54) is 11.1 Å². The molecule has 5 heteroatoms. The zero-order chi connectivity index (χ0) is 17.0. The molecule has 1 unspecified atom stereocenters. The van der Waals surface area contributed by atoms with Crippen molar-refractivity contribution in [2.45, 2.75) is 52.0 Å². The summed E-state index contributed by atoms with van der Waals surface area (Å²) < 4.78 is 5.45. The highest BCUT2D eigenvalue weighted by Crippen LogP contribution is 2.29. The predicted octanol–water partition coefficient (Wildman–Crippen LogP) is 2.06. The Morgan fingerprint density at radius 3 is 2.74 bits per heavy atom. The van der Waals surface area contributed by atoms with Crippen molar-refractivity contribution >= 4 is 11.8 Å². The Morgan fingerprint density at radius 2 is 2.17 bits per heavy atom. The third kappa shape index (κ3) is 4.24. The molecule has 1 fully saturated rings. The van der Waals surface area contributed by atoms with Gasteiger partial charge in [-0.25, -0.2) is 0 Å². The second-order valence-corrected chi connectivity index (χ2v) is 6.38. The number of carbonyl (C=O) groups excluding carboxylic acids is 2. The van der Waals surface area contributed by atoms with Crippen molar-refractivity contribution in [3.63, 3.8) is 0 Å². The van der Waals surface area contributed by atoms with Gasteiger partial charge in [-0.15, -0.1) is 0 Å². The topological polar surface area (TPSA) is 67.4 Å². The molecule has 2 N–H and O–H groups in total. The maximum absolute atomic E-state index is 12.0. The molecule has 0 spiro atoms. The third-order valence-corrected chi connectivity index (χ3v) is 4.32. The average molecular weight is 318 g/mol. The summed E-state index contributed by atoms with van der Waals surface area (Å²) in [6.45, 7) is 6.90. The highest BCUT2D eigenvalue weighted by atomic mass is 16.5. The first-order chi connectivity index (χ1) is 10.9. The molecular formula is C18H26N2O3. The number of methoxy groups -OCH3 is 1. The highest BCUT2D eigenvalue weighted by molar-refractivity contribution is 5.90. The van der Waals surface area contributed by atoms with Crippen LogP contribution in [-0.4, -0.2) is 31.5 Å². The lowest BCUT2D eigenvalue weighted by Crippen LogP contribution is -2.42. The van der Waals surface area contributed by atoms with Crippen LogP contribution in [0.2, 0.25) is 0 Å². The van der Waals surface area contributed by atoms with Crippen molar-refractivity contribution in [2.75, 3.05) is 13.7 Å². The Labute approximate surface area is 137 Å². The molecule has 1 aliphatic rings. The SMILES string of the molecule is COc1cc(C)c(CCNC(=O)C2CCC(=O)N2)cc1C(C)C. The summed E-state index contributed by atoms with van der Waals surface area (Å²) in [5.41, 5.74) is 3.56. The Hall–Kier alpha value is -2.04. The van der Waals surface area contributed by atoms with Gasteiger partial charge in [0.15, 0.2) is 0 Å².